The van der Waals surface area contributed by atoms with Crippen LogP contribution in [0.5, 0.6) is 0 Å². The second-order valence-corrected chi connectivity index (χ2v) is 8.78. The van der Waals surface area contributed by atoms with Gasteiger partial charge >= 0.3 is 6.09 Å². The number of sulfonamides is 1. The summed E-state index contributed by atoms with van der Waals surface area (Å²) in [6.45, 7) is 0.108. The van der Waals surface area contributed by atoms with E-state index in [1.54, 1.807) is 0 Å². The quantitative estimate of drug-likeness (QED) is 0.765. The van der Waals surface area contributed by atoms with E-state index in [1.807, 2.05) is 0 Å². The number of benzene rings is 1. The number of anilines is 1. The molecule has 10 heteroatoms. The fraction of sp³-hybridized carbons (Fsp3) is 0.562. The van der Waals surface area contributed by atoms with Crippen molar-refractivity contribution >= 4 is 21.8 Å². The fourth-order valence-electron chi connectivity index (χ4n) is 3.77. The number of amides is 1. The summed E-state index contributed by atoms with van der Waals surface area (Å²) in [6, 6.07) is 1.19. The lowest BCUT2D eigenvalue weighted by atomic mass is 9.99. The zero-order valence-corrected chi connectivity index (χ0v) is 14.9. The van der Waals surface area contributed by atoms with E-state index in [2.05, 4.69) is 0 Å². The number of nitrogen functional groups attached to an aromatic ring is 1. The third kappa shape index (κ3) is 3.48. The molecule has 0 spiro atoms. The Balaban J connectivity index is 1.85. The molecule has 0 aromatic heterocycles. The molecule has 2 saturated heterocycles. The summed E-state index contributed by atoms with van der Waals surface area (Å²) in [6.07, 6.45) is -0.0497. The molecule has 7 nitrogen and oxygen atoms in total. The van der Waals surface area contributed by atoms with E-state index < -0.39 is 33.8 Å². The van der Waals surface area contributed by atoms with Crippen LogP contribution in [0.1, 0.15) is 24.8 Å². The largest absolute Gasteiger partial charge is 0.465 e. The van der Waals surface area contributed by atoms with Crippen molar-refractivity contribution < 1.29 is 27.1 Å². The molecule has 0 saturated carbocycles. The second-order valence-electron chi connectivity index (χ2n) is 6.74. The molecule has 3 unspecified atom stereocenters. The molecule has 3 N–H and O–H groups in total. The summed E-state index contributed by atoms with van der Waals surface area (Å²) in [5.74, 6) is -2.11. The minimum atomic E-state index is -3.51. The van der Waals surface area contributed by atoms with Gasteiger partial charge in [-0.2, -0.15) is 4.31 Å². The lowest BCUT2D eigenvalue weighted by molar-refractivity contribution is 0.0658. The predicted molar refractivity (Wildman–Crippen MR) is 91.1 cm³/mol. The predicted octanol–water partition coefficient (Wildman–Crippen LogP) is 1.64. The second kappa shape index (κ2) is 6.99. The summed E-state index contributed by atoms with van der Waals surface area (Å²) in [4.78, 5) is 12.8. The molecule has 2 fully saturated rings. The van der Waals surface area contributed by atoms with Crippen molar-refractivity contribution in [2.24, 2.45) is 0 Å². The highest BCUT2D eigenvalue weighted by Crippen LogP contribution is 2.29. The molecular weight excluding hydrogens is 368 g/mol. The van der Waals surface area contributed by atoms with Gasteiger partial charge in [0, 0.05) is 36.4 Å². The lowest BCUT2D eigenvalue weighted by Gasteiger charge is -2.43. The SMILES string of the molecule is Nc1ccc(F)c(F)c1CCC1CN(C(=O)O)C2CCCS(=O)(=O)N1C2. The Kier molecular flexibility index (Phi) is 5.07. The maximum atomic E-state index is 14.0. The van der Waals surface area contributed by atoms with Crippen LogP contribution in [0.25, 0.3) is 0 Å². The number of hydrogen-bond donors (Lipinski definition) is 2. The zero-order valence-electron chi connectivity index (χ0n) is 14.1. The molecule has 0 aliphatic carbocycles. The molecule has 0 radical (unpaired) electrons. The maximum absolute atomic E-state index is 14.0. The first-order chi connectivity index (χ1) is 12.2. The number of hydrogen-bond acceptors (Lipinski definition) is 4. The molecule has 1 aromatic rings. The van der Waals surface area contributed by atoms with Gasteiger partial charge in [0.2, 0.25) is 10.0 Å². The van der Waals surface area contributed by atoms with E-state index in [-0.39, 0.29) is 49.0 Å². The first kappa shape index (κ1) is 18.8. The highest BCUT2D eigenvalue weighted by molar-refractivity contribution is 7.89. The highest BCUT2D eigenvalue weighted by Gasteiger charge is 2.43. The van der Waals surface area contributed by atoms with E-state index in [0.29, 0.717) is 12.8 Å². The van der Waals surface area contributed by atoms with Gasteiger partial charge in [-0.3, -0.25) is 0 Å². The third-order valence-electron chi connectivity index (χ3n) is 5.15. The monoisotopic (exact) mass is 389 g/mol. The van der Waals surface area contributed by atoms with Gasteiger partial charge in [0.25, 0.3) is 0 Å². The number of fused-ring (bicyclic) bond motifs is 2. The molecule has 144 valence electrons. The first-order valence-corrected chi connectivity index (χ1v) is 10.0. The zero-order chi connectivity index (χ0) is 19.1. The highest BCUT2D eigenvalue weighted by atomic mass is 32.2. The molecular formula is C16H21F2N3O4S. The maximum Gasteiger partial charge on any atom is 0.407 e. The molecule has 2 heterocycles. The van der Waals surface area contributed by atoms with Gasteiger partial charge in [-0.25, -0.2) is 22.0 Å². The molecule has 26 heavy (non-hydrogen) atoms. The van der Waals surface area contributed by atoms with Crippen LogP contribution in [-0.2, 0) is 16.4 Å². The molecule has 1 aromatic carbocycles. The number of halogens is 2. The van der Waals surface area contributed by atoms with Gasteiger partial charge in [0.05, 0.1) is 5.75 Å². The van der Waals surface area contributed by atoms with Crippen molar-refractivity contribution in [2.45, 2.75) is 37.8 Å². The number of nitrogens with two attached hydrogens (primary N) is 1. The van der Waals surface area contributed by atoms with Gasteiger partial charge in [0.15, 0.2) is 11.6 Å². The molecule has 1 amide bonds. The Morgan fingerprint density at radius 1 is 1.31 bits per heavy atom. The number of nitrogens with zero attached hydrogens (tertiary/aromatic N) is 2. The van der Waals surface area contributed by atoms with Crippen LogP contribution < -0.4 is 5.73 Å². The van der Waals surface area contributed by atoms with Crippen LogP contribution in [-0.4, -0.2) is 59.7 Å². The average Bonchev–Trinajstić information content (AvgIpc) is 2.70. The van der Waals surface area contributed by atoms with E-state index in [4.69, 9.17) is 5.73 Å². The summed E-state index contributed by atoms with van der Waals surface area (Å²) in [7, 11) is -3.51. The Hall–Kier alpha value is -1.94. The summed E-state index contributed by atoms with van der Waals surface area (Å²) in [5, 5.41) is 9.43. The Labute approximate surface area is 150 Å². The van der Waals surface area contributed by atoms with Gasteiger partial charge in [-0.1, -0.05) is 0 Å². The Morgan fingerprint density at radius 2 is 2.04 bits per heavy atom. The molecule has 2 bridgehead atoms. The van der Waals surface area contributed by atoms with Crippen molar-refractivity contribution in [3.8, 4) is 0 Å². The molecule has 2 aliphatic heterocycles. The van der Waals surface area contributed by atoms with E-state index >= 15 is 0 Å². The third-order valence-corrected chi connectivity index (χ3v) is 7.12. The van der Waals surface area contributed by atoms with Crippen molar-refractivity contribution in [3.63, 3.8) is 0 Å². The standard InChI is InChI=1S/C16H21F2N3O4S/c17-13-5-6-14(19)12(15(13)18)4-3-11-8-20(16(22)23)10-2-1-7-26(24,25)21(11)9-10/h5-6,10-11H,1-4,7-9,19H2,(H,22,23). The molecule has 2 aliphatic rings. The summed E-state index contributed by atoms with van der Waals surface area (Å²) >= 11 is 0. The number of carboxylic acid groups (broad SMARTS) is 1. The summed E-state index contributed by atoms with van der Waals surface area (Å²) < 4.78 is 53.8. The van der Waals surface area contributed by atoms with Crippen LogP contribution in [0, 0.1) is 11.6 Å². The minimum Gasteiger partial charge on any atom is -0.465 e. The van der Waals surface area contributed by atoms with Crippen molar-refractivity contribution in [1.29, 1.82) is 0 Å². The number of piperazine rings is 1. The molecule has 3 atom stereocenters. The first-order valence-electron chi connectivity index (χ1n) is 8.42. The van der Waals surface area contributed by atoms with Gasteiger partial charge < -0.3 is 15.7 Å². The minimum absolute atomic E-state index is 0.00999. The van der Waals surface area contributed by atoms with Gasteiger partial charge in [-0.05, 0) is 37.8 Å². The van der Waals surface area contributed by atoms with Crippen LogP contribution in [0.4, 0.5) is 19.3 Å². The van der Waals surface area contributed by atoms with Crippen LogP contribution >= 0.6 is 0 Å². The molecule has 3 rings (SSSR count). The van der Waals surface area contributed by atoms with Crippen molar-refractivity contribution in [3.05, 3.63) is 29.3 Å². The van der Waals surface area contributed by atoms with Crippen molar-refractivity contribution in [1.82, 2.24) is 9.21 Å². The van der Waals surface area contributed by atoms with Gasteiger partial charge in [-0.15, -0.1) is 0 Å². The van der Waals surface area contributed by atoms with Crippen LogP contribution in [0.3, 0.4) is 0 Å². The van der Waals surface area contributed by atoms with E-state index in [1.165, 1.54) is 15.3 Å². The van der Waals surface area contributed by atoms with E-state index in [9.17, 15) is 27.1 Å². The van der Waals surface area contributed by atoms with E-state index in [0.717, 1.165) is 6.07 Å². The topological polar surface area (TPSA) is 104 Å². The fourth-order valence-corrected chi connectivity index (χ4v) is 5.56. The Bertz CT molecular complexity index is 818. The normalized spacial score (nSPS) is 27.8. The summed E-state index contributed by atoms with van der Waals surface area (Å²) in [5.41, 5.74) is 5.79. The van der Waals surface area contributed by atoms with Crippen LogP contribution in [0.15, 0.2) is 12.1 Å². The van der Waals surface area contributed by atoms with Crippen LogP contribution in [0.2, 0.25) is 0 Å². The van der Waals surface area contributed by atoms with Gasteiger partial charge in [0.1, 0.15) is 0 Å². The lowest BCUT2D eigenvalue weighted by Crippen LogP contribution is -2.60. The van der Waals surface area contributed by atoms with Crippen molar-refractivity contribution in [2.75, 3.05) is 24.6 Å². The smallest absolute Gasteiger partial charge is 0.407 e. The number of rotatable bonds is 3. The Morgan fingerprint density at radius 3 is 2.73 bits per heavy atom. The average molecular weight is 389 g/mol. The number of carbonyl (C=O) groups is 1.